The van der Waals surface area contributed by atoms with Gasteiger partial charge in [-0.3, -0.25) is 4.98 Å². The Kier molecular flexibility index (Phi) is 3.73. The van der Waals surface area contributed by atoms with E-state index in [1.54, 1.807) is 12.4 Å². The average Bonchev–Trinajstić information content (AvgIpc) is 2.40. The maximum Gasteiger partial charge on any atom is 0.0717 e. The Bertz CT molecular complexity index is 471. The van der Waals surface area contributed by atoms with Gasteiger partial charge in [0.2, 0.25) is 0 Å². The van der Waals surface area contributed by atoms with E-state index in [1.807, 2.05) is 31.3 Å². The van der Waals surface area contributed by atoms with Crippen LogP contribution in [0.3, 0.4) is 0 Å². The molecule has 1 N–H and O–H groups in total. The minimum absolute atomic E-state index is 0.0162. The van der Waals surface area contributed by atoms with E-state index in [1.165, 1.54) is 5.56 Å². The van der Waals surface area contributed by atoms with Crippen molar-refractivity contribution in [3.8, 4) is 0 Å². The van der Waals surface area contributed by atoms with Crippen molar-refractivity contribution in [3.63, 3.8) is 0 Å². The van der Waals surface area contributed by atoms with Crippen LogP contribution in [-0.4, -0.2) is 17.1 Å². The van der Waals surface area contributed by atoms with Crippen molar-refractivity contribution in [2.45, 2.75) is 13.2 Å². The second kappa shape index (κ2) is 5.46. The van der Waals surface area contributed by atoms with Gasteiger partial charge in [0.25, 0.3) is 0 Å². The molecule has 2 aromatic rings. The summed E-state index contributed by atoms with van der Waals surface area (Å²) in [6, 6.07) is 12.2. The van der Waals surface area contributed by atoms with Gasteiger partial charge in [0.15, 0.2) is 0 Å². The Balaban J connectivity index is 2.17. The summed E-state index contributed by atoms with van der Waals surface area (Å²) >= 11 is 0. The maximum absolute atomic E-state index is 9.27. The number of rotatable bonds is 4. The molecule has 0 saturated carbocycles. The van der Waals surface area contributed by atoms with Gasteiger partial charge in [0.05, 0.1) is 6.61 Å². The lowest BCUT2D eigenvalue weighted by molar-refractivity contribution is 0.281. The van der Waals surface area contributed by atoms with E-state index in [2.05, 4.69) is 22.0 Å². The lowest BCUT2D eigenvalue weighted by Crippen LogP contribution is -2.18. The zero-order valence-corrected chi connectivity index (χ0v) is 9.87. The number of aromatic nitrogens is 1. The largest absolute Gasteiger partial charge is 0.392 e. The van der Waals surface area contributed by atoms with Crippen LogP contribution in [0.1, 0.15) is 11.1 Å². The van der Waals surface area contributed by atoms with E-state index in [0.717, 1.165) is 17.8 Å². The molecule has 0 aliphatic rings. The molecule has 0 unspecified atom stereocenters. The fraction of sp³-hybridized carbons (Fsp3) is 0.214. The van der Waals surface area contributed by atoms with Gasteiger partial charge in [0.1, 0.15) is 0 Å². The van der Waals surface area contributed by atoms with Crippen molar-refractivity contribution in [3.05, 3.63) is 59.9 Å². The van der Waals surface area contributed by atoms with Crippen LogP contribution in [0.25, 0.3) is 0 Å². The van der Waals surface area contributed by atoms with Crippen LogP contribution in [0.5, 0.6) is 0 Å². The molecule has 3 heteroatoms. The van der Waals surface area contributed by atoms with Gasteiger partial charge in [-0.1, -0.05) is 30.3 Å². The van der Waals surface area contributed by atoms with Crippen molar-refractivity contribution >= 4 is 5.69 Å². The van der Waals surface area contributed by atoms with E-state index >= 15 is 0 Å². The molecule has 0 amide bonds. The lowest BCUT2D eigenvalue weighted by atomic mass is 10.2. The molecule has 0 bridgehead atoms. The Labute approximate surface area is 101 Å². The predicted molar refractivity (Wildman–Crippen MR) is 68.7 cm³/mol. The number of aliphatic hydroxyl groups excluding tert-OH is 1. The molecule has 1 aromatic heterocycles. The summed E-state index contributed by atoms with van der Waals surface area (Å²) in [6.45, 7) is 0.833. The van der Waals surface area contributed by atoms with Crippen LogP contribution in [0.2, 0.25) is 0 Å². The first-order valence-corrected chi connectivity index (χ1v) is 5.60. The van der Waals surface area contributed by atoms with E-state index in [4.69, 9.17) is 0 Å². The van der Waals surface area contributed by atoms with E-state index < -0.39 is 0 Å². The highest BCUT2D eigenvalue weighted by molar-refractivity contribution is 5.51. The molecular formula is C14H16N2O. The first kappa shape index (κ1) is 11.6. The zero-order chi connectivity index (χ0) is 12.1. The summed E-state index contributed by atoms with van der Waals surface area (Å²) in [5.74, 6) is 0. The zero-order valence-electron chi connectivity index (χ0n) is 9.87. The lowest BCUT2D eigenvalue weighted by Gasteiger charge is -2.21. The summed E-state index contributed by atoms with van der Waals surface area (Å²) in [7, 11) is 2.02. The predicted octanol–water partition coefficient (Wildman–Crippen LogP) is 2.21. The first-order valence-electron chi connectivity index (χ1n) is 5.60. The van der Waals surface area contributed by atoms with Gasteiger partial charge in [0, 0.05) is 37.2 Å². The van der Waals surface area contributed by atoms with Crippen molar-refractivity contribution in [1.29, 1.82) is 0 Å². The highest BCUT2D eigenvalue weighted by Crippen LogP contribution is 2.19. The van der Waals surface area contributed by atoms with Gasteiger partial charge in [-0.15, -0.1) is 0 Å². The normalized spacial score (nSPS) is 10.2. The molecule has 0 saturated heterocycles. The second-order valence-electron chi connectivity index (χ2n) is 4.00. The third-order valence-electron chi connectivity index (χ3n) is 2.72. The number of pyridine rings is 1. The molecule has 2 rings (SSSR count). The smallest absolute Gasteiger partial charge is 0.0717 e. The Morgan fingerprint density at radius 2 is 1.94 bits per heavy atom. The molecule has 0 atom stereocenters. The van der Waals surface area contributed by atoms with Crippen LogP contribution in [0, 0.1) is 0 Å². The van der Waals surface area contributed by atoms with Crippen LogP contribution in [0.4, 0.5) is 5.69 Å². The van der Waals surface area contributed by atoms with Gasteiger partial charge < -0.3 is 10.0 Å². The van der Waals surface area contributed by atoms with Crippen molar-refractivity contribution < 1.29 is 5.11 Å². The number of benzene rings is 1. The molecule has 3 nitrogen and oxygen atoms in total. The average molecular weight is 228 g/mol. The van der Waals surface area contributed by atoms with Gasteiger partial charge in [-0.05, 0) is 11.6 Å². The molecular weight excluding hydrogens is 212 g/mol. The molecule has 88 valence electrons. The number of anilines is 1. The number of nitrogens with zero attached hydrogens (tertiary/aromatic N) is 2. The molecule has 0 spiro atoms. The van der Waals surface area contributed by atoms with Gasteiger partial charge in [-0.25, -0.2) is 0 Å². The minimum atomic E-state index is 0.0162. The van der Waals surface area contributed by atoms with Crippen molar-refractivity contribution in [2.24, 2.45) is 0 Å². The van der Waals surface area contributed by atoms with E-state index in [-0.39, 0.29) is 6.61 Å². The monoisotopic (exact) mass is 228 g/mol. The topological polar surface area (TPSA) is 36.4 Å². The Morgan fingerprint density at radius 1 is 1.18 bits per heavy atom. The quantitative estimate of drug-likeness (QED) is 0.871. The summed E-state index contributed by atoms with van der Waals surface area (Å²) in [5.41, 5.74) is 3.12. The van der Waals surface area contributed by atoms with Gasteiger partial charge in [-0.2, -0.15) is 0 Å². The summed E-state index contributed by atoms with van der Waals surface area (Å²) in [4.78, 5) is 6.13. The fourth-order valence-electron chi connectivity index (χ4n) is 1.86. The number of hydrogen-bond donors (Lipinski definition) is 1. The Morgan fingerprint density at radius 3 is 2.65 bits per heavy atom. The molecule has 1 heterocycles. The first-order chi connectivity index (χ1) is 8.31. The highest BCUT2D eigenvalue weighted by atomic mass is 16.3. The number of aliphatic hydroxyl groups is 1. The van der Waals surface area contributed by atoms with Crippen LogP contribution in [-0.2, 0) is 13.2 Å². The van der Waals surface area contributed by atoms with E-state index in [0.29, 0.717) is 0 Å². The molecule has 1 aromatic carbocycles. The fourth-order valence-corrected chi connectivity index (χ4v) is 1.86. The Hall–Kier alpha value is -1.87. The van der Waals surface area contributed by atoms with Crippen LogP contribution >= 0.6 is 0 Å². The standard InChI is InChI=1S/C14H16N2O/c1-16(10-12-5-3-2-4-6-12)14-7-8-15-9-13(14)11-17/h2-9,17H,10-11H2,1H3. The summed E-state index contributed by atoms with van der Waals surface area (Å²) in [6.07, 6.45) is 3.45. The molecule has 17 heavy (non-hydrogen) atoms. The summed E-state index contributed by atoms with van der Waals surface area (Å²) < 4.78 is 0. The molecule has 0 fully saturated rings. The van der Waals surface area contributed by atoms with Crippen molar-refractivity contribution in [1.82, 2.24) is 4.98 Å². The van der Waals surface area contributed by atoms with Gasteiger partial charge >= 0.3 is 0 Å². The highest BCUT2D eigenvalue weighted by Gasteiger charge is 2.06. The maximum atomic E-state index is 9.27. The molecule has 0 radical (unpaired) electrons. The molecule has 0 aliphatic heterocycles. The second-order valence-corrected chi connectivity index (χ2v) is 4.00. The summed E-state index contributed by atoms with van der Waals surface area (Å²) in [5, 5.41) is 9.27. The third-order valence-corrected chi connectivity index (χ3v) is 2.72. The SMILES string of the molecule is CN(Cc1ccccc1)c1ccncc1CO. The van der Waals surface area contributed by atoms with Crippen LogP contribution < -0.4 is 4.90 Å². The van der Waals surface area contributed by atoms with E-state index in [9.17, 15) is 5.11 Å². The minimum Gasteiger partial charge on any atom is -0.392 e. The van der Waals surface area contributed by atoms with Crippen molar-refractivity contribution in [2.75, 3.05) is 11.9 Å². The third kappa shape index (κ3) is 2.82. The number of hydrogen-bond acceptors (Lipinski definition) is 3. The molecule has 0 aliphatic carbocycles. The van der Waals surface area contributed by atoms with Crippen LogP contribution in [0.15, 0.2) is 48.8 Å².